The molecule has 2 rings (SSSR count). The quantitative estimate of drug-likeness (QED) is 0.605. The van der Waals surface area contributed by atoms with Gasteiger partial charge >= 0.3 is 0 Å². The number of pyridine rings is 1. The minimum absolute atomic E-state index is 0.0159. The van der Waals surface area contributed by atoms with E-state index in [1.165, 1.54) is 0 Å². The normalized spacial score (nSPS) is 10.5. The number of nitrogens with zero attached hydrogens (tertiary/aromatic N) is 2. The Balaban J connectivity index is 2.20. The first-order valence-corrected chi connectivity index (χ1v) is 7.18. The van der Waals surface area contributed by atoms with Crippen LogP contribution in [0.15, 0.2) is 24.3 Å². The van der Waals surface area contributed by atoms with Crippen LogP contribution in [0.2, 0.25) is 0 Å². The molecule has 1 aromatic carbocycles. The number of carbonyl (C=O) groups is 2. The zero-order valence-corrected chi connectivity index (χ0v) is 13.1. The summed E-state index contributed by atoms with van der Waals surface area (Å²) in [5, 5.41) is 1.07. The summed E-state index contributed by atoms with van der Waals surface area (Å²) in [6, 6.07) is 7.93. The van der Waals surface area contributed by atoms with E-state index in [2.05, 4.69) is 9.72 Å². The van der Waals surface area contributed by atoms with Gasteiger partial charge in [0, 0.05) is 18.1 Å². The molecule has 0 saturated heterocycles. The SMILES string of the molecule is Cc1nc2ccccc2c(C)c1CC(=O)N(C)CCOC=O. The number of aryl methyl sites for hydroxylation is 2. The van der Waals surface area contributed by atoms with Crippen LogP contribution in [0.4, 0.5) is 0 Å². The highest BCUT2D eigenvalue weighted by Gasteiger charge is 2.15. The lowest BCUT2D eigenvalue weighted by atomic mass is 9.99. The summed E-state index contributed by atoms with van der Waals surface area (Å²) in [6.07, 6.45) is 0.299. The summed E-state index contributed by atoms with van der Waals surface area (Å²) >= 11 is 0. The van der Waals surface area contributed by atoms with Gasteiger partial charge in [0.25, 0.3) is 6.47 Å². The van der Waals surface area contributed by atoms with Gasteiger partial charge in [-0.2, -0.15) is 0 Å². The number of hydrogen-bond acceptors (Lipinski definition) is 4. The van der Waals surface area contributed by atoms with E-state index >= 15 is 0 Å². The number of para-hydroxylation sites is 1. The van der Waals surface area contributed by atoms with Gasteiger partial charge in [0.2, 0.25) is 5.91 Å². The maximum atomic E-state index is 12.3. The van der Waals surface area contributed by atoms with Gasteiger partial charge in [0.05, 0.1) is 18.5 Å². The third kappa shape index (κ3) is 3.42. The highest BCUT2D eigenvalue weighted by molar-refractivity contribution is 5.86. The Labute approximate surface area is 129 Å². The number of fused-ring (bicyclic) bond motifs is 1. The van der Waals surface area contributed by atoms with Crippen LogP contribution in [-0.4, -0.2) is 42.5 Å². The molecule has 1 amide bonds. The van der Waals surface area contributed by atoms with Crippen LogP contribution < -0.4 is 0 Å². The average Bonchev–Trinajstić information content (AvgIpc) is 2.51. The molecule has 2 aromatic rings. The summed E-state index contributed by atoms with van der Waals surface area (Å²) in [5.74, 6) is -0.0159. The molecule has 0 aliphatic rings. The summed E-state index contributed by atoms with van der Waals surface area (Å²) in [7, 11) is 1.70. The largest absolute Gasteiger partial charge is 0.466 e. The van der Waals surface area contributed by atoms with E-state index < -0.39 is 0 Å². The first-order valence-electron chi connectivity index (χ1n) is 7.18. The van der Waals surface area contributed by atoms with E-state index in [0.717, 1.165) is 27.7 Å². The molecule has 0 saturated carbocycles. The average molecular weight is 300 g/mol. The molecule has 116 valence electrons. The lowest BCUT2D eigenvalue weighted by Gasteiger charge is -2.18. The summed E-state index contributed by atoms with van der Waals surface area (Å²) in [4.78, 5) is 28.6. The Hall–Kier alpha value is -2.43. The predicted octanol–water partition coefficient (Wildman–Crippen LogP) is 2.03. The highest BCUT2D eigenvalue weighted by atomic mass is 16.5. The zero-order chi connectivity index (χ0) is 16.1. The van der Waals surface area contributed by atoms with E-state index in [4.69, 9.17) is 0 Å². The van der Waals surface area contributed by atoms with E-state index in [-0.39, 0.29) is 12.5 Å². The number of aromatic nitrogens is 1. The van der Waals surface area contributed by atoms with Crippen molar-refractivity contribution >= 4 is 23.3 Å². The molecule has 0 atom stereocenters. The number of ether oxygens (including phenoxy) is 1. The van der Waals surface area contributed by atoms with E-state index in [1.807, 2.05) is 38.1 Å². The van der Waals surface area contributed by atoms with Gasteiger partial charge in [-0.3, -0.25) is 14.6 Å². The fraction of sp³-hybridized carbons (Fsp3) is 0.353. The van der Waals surface area contributed by atoms with Crippen molar-refractivity contribution in [2.24, 2.45) is 0 Å². The lowest BCUT2D eigenvalue weighted by Crippen LogP contribution is -2.31. The number of amides is 1. The molecular weight excluding hydrogens is 280 g/mol. The predicted molar refractivity (Wildman–Crippen MR) is 84.6 cm³/mol. The van der Waals surface area contributed by atoms with Gasteiger partial charge in [-0.1, -0.05) is 18.2 Å². The molecule has 0 fully saturated rings. The standard InChI is InChI=1S/C17H20N2O3/c1-12-14-6-4-5-7-16(14)18-13(2)15(12)10-17(21)19(3)8-9-22-11-20/h4-7,11H,8-10H2,1-3H3. The van der Waals surface area contributed by atoms with Crippen LogP contribution in [-0.2, 0) is 20.7 Å². The molecule has 5 heteroatoms. The van der Waals surface area contributed by atoms with Crippen molar-refractivity contribution in [1.82, 2.24) is 9.88 Å². The third-order valence-electron chi connectivity index (χ3n) is 3.85. The van der Waals surface area contributed by atoms with Crippen molar-refractivity contribution in [1.29, 1.82) is 0 Å². The number of carbonyl (C=O) groups excluding carboxylic acids is 2. The molecule has 0 bridgehead atoms. The van der Waals surface area contributed by atoms with Crippen molar-refractivity contribution in [3.05, 3.63) is 41.1 Å². The van der Waals surface area contributed by atoms with Crippen molar-refractivity contribution in [3.8, 4) is 0 Å². The van der Waals surface area contributed by atoms with Gasteiger partial charge in [0.1, 0.15) is 6.61 Å². The number of likely N-dealkylation sites (N-methyl/N-ethyl adjacent to an activating group) is 1. The molecule has 0 N–H and O–H groups in total. The molecule has 1 aromatic heterocycles. The van der Waals surface area contributed by atoms with Crippen LogP contribution in [0.3, 0.4) is 0 Å². The molecule has 0 aliphatic heterocycles. The Morgan fingerprint density at radius 3 is 2.77 bits per heavy atom. The number of rotatable bonds is 6. The Kier molecular flexibility index (Phi) is 5.09. The zero-order valence-electron chi connectivity index (χ0n) is 13.1. The summed E-state index contributed by atoms with van der Waals surface area (Å²) in [6.45, 7) is 4.93. The summed E-state index contributed by atoms with van der Waals surface area (Å²) < 4.78 is 4.62. The lowest BCUT2D eigenvalue weighted by molar-refractivity contribution is -0.134. The highest BCUT2D eigenvalue weighted by Crippen LogP contribution is 2.23. The molecule has 1 heterocycles. The van der Waals surface area contributed by atoms with Crippen LogP contribution >= 0.6 is 0 Å². The van der Waals surface area contributed by atoms with Crippen molar-refractivity contribution in [2.45, 2.75) is 20.3 Å². The Morgan fingerprint density at radius 1 is 1.32 bits per heavy atom. The number of hydrogen-bond donors (Lipinski definition) is 0. The van der Waals surface area contributed by atoms with Gasteiger partial charge in [-0.05, 0) is 31.0 Å². The van der Waals surface area contributed by atoms with Crippen molar-refractivity contribution in [2.75, 3.05) is 20.2 Å². The Morgan fingerprint density at radius 2 is 2.05 bits per heavy atom. The molecule has 0 aliphatic carbocycles. The molecule has 22 heavy (non-hydrogen) atoms. The fourth-order valence-corrected chi connectivity index (χ4v) is 2.48. The van der Waals surface area contributed by atoms with Gasteiger partial charge in [-0.15, -0.1) is 0 Å². The summed E-state index contributed by atoms with van der Waals surface area (Å²) in [5.41, 5.74) is 3.88. The van der Waals surface area contributed by atoms with Crippen LogP contribution in [0.5, 0.6) is 0 Å². The maximum absolute atomic E-state index is 12.3. The third-order valence-corrected chi connectivity index (χ3v) is 3.85. The second-order valence-electron chi connectivity index (χ2n) is 5.28. The van der Waals surface area contributed by atoms with E-state index in [0.29, 0.717) is 19.4 Å². The molecular formula is C17H20N2O3. The van der Waals surface area contributed by atoms with E-state index in [9.17, 15) is 9.59 Å². The Bertz CT molecular complexity index is 698. The van der Waals surface area contributed by atoms with Gasteiger partial charge < -0.3 is 9.64 Å². The number of benzene rings is 1. The fourth-order valence-electron chi connectivity index (χ4n) is 2.48. The topological polar surface area (TPSA) is 59.5 Å². The molecule has 0 radical (unpaired) electrons. The molecule has 5 nitrogen and oxygen atoms in total. The van der Waals surface area contributed by atoms with E-state index in [1.54, 1.807) is 11.9 Å². The maximum Gasteiger partial charge on any atom is 0.293 e. The van der Waals surface area contributed by atoms with Crippen LogP contribution in [0.1, 0.15) is 16.8 Å². The monoisotopic (exact) mass is 300 g/mol. The van der Waals surface area contributed by atoms with Crippen LogP contribution in [0.25, 0.3) is 10.9 Å². The smallest absolute Gasteiger partial charge is 0.293 e. The van der Waals surface area contributed by atoms with Crippen molar-refractivity contribution in [3.63, 3.8) is 0 Å². The van der Waals surface area contributed by atoms with Crippen molar-refractivity contribution < 1.29 is 14.3 Å². The molecule has 0 unspecified atom stereocenters. The first kappa shape index (κ1) is 15.9. The van der Waals surface area contributed by atoms with Gasteiger partial charge in [0.15, 0.2) is 0 Å². The van der Waals surface area contributed by atoms with Crippen LogP contribution in [0, 0.1) is 13.8 Å². The molecule has 0 spiro atoms. The second-order valence-corrected chi connectivity index (χ2v) is 5.28. The minimum Gasteiger partial charge on any atom is -0.466 e. The second kappa shape index (κ2) is 7.02. The van der Waals surface area contributed by atoms with Gasteiger partial charge in [-0.25, -0.2) is 0 Å². The minimum atomic E-state index is -0.0159. The first-order chi connectivity index (χ1) is 10.5.